The minimum Gasteiger partial charge on any atom is -0.496 e. The van der Waals surface area contributed by atoms with Gasteiger partial charge in [0.15, 0.2) is 0 Å². The van der Waals surface area contributed by atoms with Crippen LogP contribution in [-0.2, 0) is 4.79 Å². The fourth-order valence-corrected chi connectivity index (χ4v) is 2.48. The van der Waals surface area contributed by atoms with Crippen molar-refractivity contribution < 1.29 is 14.3 Å². The second-order valence-electron chi connectivity index (χ2n) is 4.98. The summed E-state index contributed by atoms with van der Waals surface area (Å²) >= 11 is 0. The van der Waals surface area contributed by atoms with Gasteiger partial charge in [-0.1, -0.05) is 31.4 Å². The Balaban J connectivity index is 1.89. The molecule has 1 aromatic carbocycles. The van der Waals surface area contributed by atoms with Crippen molar-refractivity contribution in [1.29, 1.82) is 0 Å². The van der Waals surface area contributed by atoms with Crippen molar-refractivity contribution in [2.45, 2.75) is 32.1 Å². The highest BCUT2D eigenvalue weighted by atomic mass is 16.5. The molecule has 2 amide bonds. The van der Waals surface area contributed by atoms with Crippen LogP contribution in [0.4, 0.5) is 0 Å². The molecule has 108 valence electrons. The molecule has 5 nitrogen and oxygen atoms in total. The topological polar surface area (TPSA) is 67.4 Å². The number of rotatable bonds is 3. The zero-order valence-electron chi connectivity index (χ0n) is 11.6. The summed E-state index contributed by atoms with van der Waals surface area (Å²) in [6, 6.07) is 6.90. The van der Waals surface area contributed by atoms with Crippen molar-refractivity contribution in [2.24, 2.45) is 5.92 Å². The van der Waals surface area contributed by atoms with Gasteiger partial charge in [-0.2, -0.15) is 0 Å². The summed E-state index contributed by atoms with van der Waals surface area (Å²) in [5.41, 5.74) is 5.36. The number of hydrogen-bond donors (Lipinski definition) is 2. The number of carbonyl (C=O) groups excluding carboxylic acids is 2. The summed E-state index contributed by atoms with van der Waals surface area (Å²) in [6.07, 6.45) is 5.15. The Labute approximate surface area is 118 Å². The molecule has 20 heavy (non-hydrogen) atoms. The normalized spacial score (nSPS) is 15.4. The van der Waals surface area contributed by atoms with E-state index in [1.54, 1.807) is 24.3 Å². The number of hydrogen-bond acceptors (Lipinski definition) is 3. The number of amides is 2. The van der Waals surface area contributed by atoms with Gasteiger partial charge < -0.3 is 4.74 Å². The van der Waals surface area contributed by atoms with Crippen LogP contribution in [-0.4, -0.2) is 18.9 Å². The fourth-order valence-electron chi connectivity index (χ4n) is 2.48. The number of ether oxygens (including phenoxy) is 1. The maximum atomic E-state index is 12.0. The zero-order chi connectivity index (χ0) is 14.4. The van der Waals surface area contributed by atoms with Crippen molar-refractivity contribution in [3.8, 4) is 5.75 Å². The van der Waals surface area contributed by atoms with Crippen LogP contribution in [0.15, 0.2) is 24.3 Å². The number of para-hydroxylation sites is 1. The van der Waals surface area contributed by atoms with Gasteiger partial charge in [-0.3, -0.25) is 20.4 Å². The van der Waals surface area contributed by atoms with Crippen LogP contribution >= 0.6 is 0 Å². The summed E-state index contributed by atoms with van der Waals surface area (Å²) in [4.78, 5) is 23.9. The lowest BCUT2D eigenvalue weighted by molar-refractivity contribution is -0.126. The Morgan fingerprint density at radius 3 is 2.50 bits per heavy atom. The monoisotopic (exact) mass is 276 g/mol. The molecule has 1 aliphatic rings. The molecule has 2 rings (SSSR count). The molecule has 1 aliphatic carbocycles. The Morgan fingerprint density at radius 1 is 1.10 bits per heavy atom. The molecule has 5 heteroatoms. The molecular weight excluding hydrogens is 256 g/mol. The Hall–Kier alpha value is -2.04. The predicted octanol–water partition coefficient (Wildman–Crippen LogP) is 2.04. The van der Waals surface area contributed by atoms with Gasteiger partial charge in [0.2, 0.25) is 5.91 Å². The lowest BCUT2D eigenvalue weighted by atomic mass is 9.89. The zero-order valence-corrected chi connectivity index (χ0v) is 11.6. The number of nitrogens with one attached hydrogen (secondary N) is 2. The molecule has 0 aromatic heterocycles. The number of hydrazine groups is 1. The minimum atomic E-state index is -0.369. The number of carbonyl (C=O) groups is 2. The van der Waals surface area contributed by atoms with E-state index in [2.05, 4.69) is 10.9 Å². The first-order valence-electron chi connectivity index (χ1n) is 6.95. The van der Waals surface area contributed by atoms with Crippen LogP contribution in [0.3, 0.4) is 0 Å². The molecule has 0 spiro atoms. The highest BCUT2D eigenvalue weighted by molar-refractivity contribution is 5.97. The standard InChI is InChI=1S/C15H20N2O3/c1-20-13-10-6-5-9-12(13)15(19)17-16-14(18)11-7-3-2-4-8-11/h5-6,9-11H,2-4,7-8H2,1H3,(H,16,18)(H,17,19). The first kappa shape index (κ1) is 14.4. The molecule has 0 unspecified atom stereocenters. The molecular formula is C15H20N2O3. The van der Waals surface area contributed by atoms with Crippen molar-refractivity contribution in [2.75, 3.05) is 7.11 Å². The summed E-state index contributed by atoms with van der Waals surface area (Å²) < 4.78 is 5.12. The van der Waals surface area contributed by atoms with E-state index in [1.165, 1.54) is 13.5 Å². The molecule has 0 aliphatic heterocycles. The van der Waals surface area contributed by atoms with Crippen molar-refractivity contribution in [3.05, 3.63) is 29.8 Å². The molecule has 1 aromatic rings. The van der Waals surface area contributed by atoms with Gasteiger partial charge in [-0.05, 0) is 25.0 Å². The second-order valence-corrected chi connectivity index (χ2v) is 4.98. The Bertz CT molecular complexity index is 482. The summed E-state index contributed by atoms with van der Waals surface area (Å²) in [7, 11) is 1.51. The van der Waals surface area contributed by atoms with E-state index in [0.29, 0.717) is 11.3 Å². The van der Waals surface area contributed by atoms with E-state index in [4.69, 9.17) is 4.74 Å². The highest BCUT2D eigenvalue weighted by Crippen LogP contribution is 2.23. The first-order chi connectivity index (χ1) is 9.72. The van der Waals surface area contributed by atoms with Crippen molar-refractivity contribution in [1.82, 2.24) is 10.9 Å². The van der Waals surface area contributed by atoms with Gasteiger partial charge in [-0.25, -0.2) is 0 Å². The average molecular weight is 276 g/mol. The van der Waals surface area contributed by atoms with Gasteiger partial charge in [0.05, 0.1) is 12.7 Å². The van der Waals surface area contributed by atoms with Crippen LogP contribution in [0.1, 0.15) is 42.5 Å². The van der Waals surface area contributed by atoms with E-state index in [-0.39, 0.29) is 17.7 Å². The highest BCUT2D eigenvalue weighted by Gasteiger charge is 2.21. The fraction of sp³-hybridized carbons (Fsp3) is 0.467. The van der Waals surface area contributed by atoms with Gasteiger partial charge >= 0.3 is 0 Å². The van der Waals surface area contributed by atoms with Crippen LogP contribution < -0.4 is 15.6 Å². The van der Waals surface area contributed by atoms with Crippen LogP contribution in [0.2, 0.25) is 0 Å². The number of benzene rings is 1. The molecule has 0 saturated heterocycles. The first-order valence-corrected chi connectivity index (χ1v) is 6.95. The van der Waals surface area contributed by atoms with Crippen LogP contribution in [0, 0.1) is 5.92 Å². The maximum absolute atomic E-state index is 12.0. The van der Waals surface area contributed by atoms with Crippen molar-refractivity contribution >= 4 is 11.8 Å². The van der Waals surface area contributed by atoms with Gasteiger partial charge in [0.1, 0.15) is 5.75 Å². The molecule has 0 atom stereocenters. The third kappa shape index (κ3) is 3.50. The molecule has 0 radical (unpaired) electrons. The van der Waals surface area contributed by atoms with E-state index >= 15 is 0 Å². The van der Waals surface area contributed by atoms with Gasteiger partial charge in [0, 0.05) is 5.92 Å². The lowest BCUT2D eigenvalue weighted by Crippen LogP contribution is -2.45. The number of methoxy groups -OCH3 is 1. The Morgan fingerprint density at radius 2 is 1.80 bits per heavy atom. The average Bonchev–Trinajstić information content (AvgIpc) is 2.53. The van der Waals surface area contributed by atoms with Gasteiger partial charge in [0.25, 0.3) is 5.91 Å². The summed E-state index contributed by atoms with van der Waals surface area (Å²) in [6.45, 7) is 0. The van der Waals surface area contributed by atoms with E-state index < -0.39 is 0 Å². The maximum Gasteiger partial charge on any atom is 0.273 e. The molecule has 0 bridgehead atoms. The molecule has 0 heterocycles. The van der Waals surface area contributed by atoms with Crippen molar-refractivity contribution in [3.63, 3.8) is 0 Å². The quantitative estimate of drug-likeness (QED) is 0.830. The molecule has 1 saturated carbocycles. The third-order valence-electron chi connectivity index (χ3n) is 3.63. The van der Waals surface area contributed by atoms with Crippen LogP contribution in [0.25, 0.3) is 0 Å². The van der Waals surface area contributed by atoms with E-state index in [9.17, 15) is 9.59 Å². The summed E-state index contributed by atoms with van der Waals surface area (Å²) in [5, 5.41) is 0. The van der Waals surface area contributed by atoms with Gasteiger partial charge in [-0.15, -0.1) is 0 Å². The largest absolute Gasteiger partial charge is 0.496 e. The van der Waals surface area contributed by atoms with E-state index in [0.717, 1.165) is 25.7 Å². The Kier molecular flexibility index (Phi) is 4.98. The smallest absolute Gasteiger partial charge is 0.273 e. The molecule has 2 N–H and O–H groups in total. The second kappa shape index (κ2) is 6.93. The SMILES string of the molecule is COc1ccccc1C(=O)NNC(=O)C1CCCCC1. The third-order valence-corrected chi connectivity index (χ3v) is 3.63. The lowest BCUT2D eigenvalue weighted by Gasteiger charge is -2.20. The van der Waals surface area contributed by atoms with Crippen LogP contribution in [0.5, 0.6) is 5.75 Å². The minimum absolute atomic E-state index is 0.0155. The predicted molar refractivity (Wildman–Crippen MR) is 75.2 cm³/mol. The van der Waals surface area contributed by atoms with E-state index in [1.807, 2.05) is 0 Å². The molecule has 1 fully saturated rings. The summed E-state index contributed by atoms with van der Waals surface area (Å²) in [5.74, 6) is 0.0261.